The minimum Gasteiger partial charge on any atom is -0.347 e. The zero-order valence-electron chi connectivity index (χ0n) is 18.7. The van der Waals surface area contributed by atoms with Gasteiger partial charge in [0.1, 0.15) is 0 Å². The van der Waals surface area contributed by atoms with E-state index < -0.39 is 0 Å². The summed E-state index contributed by atoms with van der Waals surface area (Å²) in [6.45, 7) is 0.950. The van der Waals surface area contributed by atoms with E-state index in [4.69, 9.17) is 4.98 Å². The van der Waals surface area contributed by atoms with Crippen LogP contribution in [0.1, 0.15) is 30.5 Å². The highest BCUT2D eigenvalue weighted by Gasteiger charge is 2.26. The van der Waals surface area contributed by atoms with Gasteiger partial charge in [0.25, 0.3) is 0 Å². The van der Waals surface area contributed by atoms with E-state index in [0.717, 1.165) is 41.8 Å². The number of pyridine rings is 1. The minimum atomic E-state index is 0.0113. The van der Waals surface area contributed by atoms with E-state index in [1.807, 2.05) is 66.5 Å². The van der Waals surface area contributed by atoms with E-state index in [0.29, 0.717) is 19.0 Å². The predicted octanol–water partition coefficient (Wildman–Crippen LogP) is 4.49. The summed E-state index contributed by atoms with van der Waals surface area (Å²) >= 11 is 0. The molecule has 0 saturated carbocycles. The molecular formula is C26H29N5O. The molecule has 0 aliphatic heterocycles. The molecule has 32 heavy (non-hydrogen) atoms. The SMILES string of the molecule is CN(C)c1ncc(-c2ccccn2)c(CN(Cc2ccccc2)C(=O)[C@H]2CC=CCC2)n1. The third-order valence-electron chi connectivity index (χ3n) is 5.68. The van der Waals surface area contributed by atoms with Gasteiger partial charge in [-0.05, 0) is 37.0 Å². The van der Waals surface area contributed by atoms with Crippen LogP contribution in [-0.4, -0.2) is 39.9 Å². The molecule has 1 amide bonds. The highest BCUT2D eigenvalue weighted by Crippen LogP contribution is 2.26. The third kappa shape index (κ3) is 5.19. The number of allylic oxidation sites excluding steroid dienone is 2. The Morgan fingerprint density at radius 1 is 1.00 bits per heavy atom. The van der Waals surface area contributed by atoms with Crippen molar-refractivity contribution in [3.05, 3.63) is 84.3 Å². The third-order valence-corrected chi connectivity index (χ3v) is 5.68. The van der Waals surface area contributed by atoms with Crippen LogP contribution in [0.5, 0.6) is 0 Å². The van der Waals surface area contributed by atoms with Crippen LogP contribution in [0.25, 0.3) is 11.3 Å². The predicted molar refractivity (Wildman–Crippen MR) is 127 cm³/mol. The highest BCUT2D eigenvalue weighted by atomic mass is 16.2. The molecular weight excluding hydrogens is 398 g/mol. The molecule has 0 bridgehead atoms. The van der Waals surface area contributed by atoms with E-state index in [-0.39, 0.29) is 11.8 Å². The van der Waals surface area contributed by atoms with E-state index in [1.165, 1.54) is 0 Å². The Morgan fingerprint density at radius 3 is 2.50 bits per heavy atom. The van der Waals surface area contributed by atoms with Crippen LogP contribution < -0.4 is 4.90 Å². The van der Waals surface area contributed by atoms with Crippen LogP contribution in [0.15, 0.2) is 73.1 Å². The average molecular weight is 428 g/mol. The van der Waals surface area contributed by atoms with Gasteiger partial charge < -0.3 is 9.80 Å². The first-order valence-electron chi connectivity index (χ1n) is 11.0. The molecule has 1 aliphatic carbocycles. The number of amides is 1. The second-order valence-electron chi connectivity index (χ2n) is 8.30. The zero-order valence-corrected chi connectivity index (χ0v) is 18.7. The number of nitrogens with zero attached hydrogens (tertiary/aromatic N) is 5. The zero-order chi connectivity index (χ0) is 22.3. The molecule has 1 aromatic carbocycles. The molecule has 1 aliphatic rings. The summed E-state index contributed by atoms with van der Waals surface area (Å²) in [4.78, 5) is 31.2. The van der Waals surface area contributed by atoms with Gasteiger partial charge in [-0.2, -0.15) is 0 Å². The first-order valence-corrected chi connectivity index (χ1v) is 11.0. The molecule has 0 radical (unpaired) electrons. The molecule has 164 valence electrons. The smallest absolute Gasteiger partial charge is 0.226 e. The monoisotopic (exact) mass is 427 g/mol. The van der Waals surface area contributed by atoms with Gasteiger partial charge in [-0.1, -0.05) is 48.6 Å². The van der Waals surface area contributed by atoms with Gasteiger partial charge in [0, 0.05) is 44.5 Å². The summed E-state index contributed by atoms with van der Waals surface area (Å²) in [5.41, 5.74) is 3.57. The van der Waals surface area contributed by atoms with E-state index in [1.54, 1.807) is 6.20 Å². The van der Waals surface area contributed by atoms with E-state index >= 15 is 0 Å². The average Bonchev–Trinajstić information content (AvgIpc) is 2.85. The Morgan fingerprint density at radius 2 is 1.81 bits per heavy atom. The number of hydrogen-bond acceptors (Lipinski definition) is 5. The Labute approximate surface area is 189 Å². The number of rotatable bonds is 7. The number of anilines is 1. The van der Waals surface area contributed by atoms with Crippen molar-refractivity contribution in [2.24, 2.45) is 5.92 Å². The van der Waals surface area contributed by atoms with Crippen molar-refractivity contribution in [2.75, 3.05) is 19.0 Å². The fourth-order valence-corrected chi connectivity index (χ4v) is 3.95. The lowest BCUT2D eigenvalue weighted by molar-refractivity contribution is -0.137. The van der Waals surface area contributed by atoms with Crippen LogP contribution in [0.2, 0.25) is 0 Å². The summed E-state index contributed by atoms with van der Waals surface area (Å²) in [7, 11) is 3.83. The lowest BCUT2D eigenvalue weighted by Crippen LogP contribution is -2.36. The number of aromatic nitrogens is 3. The first kappa shape index (κ1) is 21.7. The molecule has 2 aromatic heterocycles. The van der Waals surface area contributed by atoms with Crippen molar-refractivity contribution < 1.29 is 4.79 Å². The fraction of sp³-hybridized carbons (Fsp3) is 0.308. The van der Waals surface area contributed by atoms with Crippen LogP contribution in [-0.2, 0) is 17.9 Å². The fourth-order valence-electron chi connectivity index (χ4n) is 3.95. The maximum absolute atomic E-state index is 13.6. The van der Waals surface area contributed by atoms with Gasteiger partial charge in [0.2, 0.25) is 11.9 Å². The molecule has 0 N–H and O–H groups in total. The van der Waals surface area contributed by atoms with Gasteiger partial charge in [-0.3, -0.25) is 9.78 Å². The maximum atomic E-state index is 13.6. The molecule has 4 rings (SSSR count). The Hall–Kier alpha value is -3.54. The van der Waals surface area contributed by atoms with Gasteiger partial charge in [-0.25, -0.2) is 9.97 Å². The molecule has 0 spiro atoms. The highest BCUT2D eigenvalue weighted by molar-refractivity contribution is 5.79. The van der Waals surface area contributed by atoms with Gasteiger partial charge in [0.15, 0.2) is 0 Å². The van der Waals surface area contributed by atoms with Crippen molar-refractivity contribution in [1.82, 2.24) is 19.9 Å². The topological polar surface area (TPSA) is 62.2 Å². The van der Waals surface area contributed by atoms with E-state index in [9.17, 15) is 4.79 Å². The Balaban J connectivity index is 1.70. The molecule has 2 heterocycles. The molecule has 6 heteroatoms. The molecule has 1 atom stereocenters. The van der Waals surface area contributed by atoms with Crippen LogP contribution in [0.4, 0.5) is 5.95 Å². The largest absolute Gasteiger partial charge is 0.347 e. The summed E-state index contributed by atoms with van der Waals surface area (Å²) in [6, 6.07) is 15.9. The Bertz CT molecular complexity index is 1070. The first-order chi connectivity index (χ1) is 15.6. The number of benzene rings is 1. The van der Waals surface area contributed by atoms with Crippen LogP contribution >= 0.6 is 0 Å². The van der Waals surface area contributed by atoms with Crippen molar-refractivity contribution in [3.63, 3.8) is 0 Å². The second-order valence-corrected chi connectivity index (χ2v) is 8.30. The molecule has 0 unspecified atom stereocenters. The summed E-state index contributed by atoms with van der Waals surface area (Å²) in [6.07, 6.45) is 10.5. The van der Waals surface area contributed by atoms with Crippen LogP contribution in [0.3, 0.4) is 0 Å². The van der Waals surface area contributed by atoms with E-state index in [2.05, 4.69) is 34.3 Å². The van der Waals surface area contributed by atoms with Crippen LogP contribution in [0, 0.1) is 5.92 Å². The summed E-state index contributed by atoms with van der Waals surface area (Å²) in [5, 5.41) is 0. The molecule has 6 nitrogen and oxygen atoms in total. The van der Waals surface area contributed by atoms with Crippen molar-refractivity contribution in [2.45, 2.75) is 32.4 Å². The van der Waals surface area contributed by atoms with Crippen molar-refractivity contribution in [3.8, 4) is 11.3 Å². The lowest BCUT2D eigenvalue weighted by atomic mass is 9.92. The van der Waals surface area contributed by atoms with Gasteiger partial charge in [0.05, 0.1) is 17.9 Å². The number of carbonyl (C=O) groups is 1. The standard InChI is InChI=1S/C26H29N5O/c1-30(2)26-28-17-22(23-15-9-10-16-27-23)24(29-26)19-31(18-20-11-5-3-6-12-20)25(32)21-13-7-4-8-14-21/h3-7,9-12,15-17,21H,8,13-14,18-19H2,1-2H3/t21-/m0/s1. The minimum absolute atomic E-state index is 0.0113. The van der Waals surface area contributed by atoms with Gasteiger partial charge in [-0.15, -0.1) is 0 Å². The Kier molecular flexibility index (Phi) is 6.90. The molecule has 0 saturated heterocycles. The second kappa shape index (κ2) is 10.2. The van der Waals surface area contributed by atoms with Gasteiger partial charge >= 0.3 is 0 Å². The number of hydrogen-bond donors (Lipinski definition) is 0. The van der Waals surface area contributed by atoms with Crippen molar-refractivity contribution >= 4 is 11.9 Å². The normalized spacial score (nSPS) is 15.4. The summed E-state index contributed by atoms with van der Waals surface area (Å²) < 4.78 is 0. The summed E-state index contributed by atoms with van der Waals surface area (Å²) in [5.74, 6) is 0.805. The molecule has 3 aromatic rings. The lowest BCUT2D eigenvalue weighted by Gasteiger charge is -2.29. The number of carbonyl (C=O) groups excluding carboxylic acids is 1. The quantitative estimate of drug-likeness (QED) is 0.520. The maximum Gasteiger partial charge on any atom is 0.226 e. The molecule has 0 fully saturated rings. The van der Waals surface area contributed by atoms with Crippen molar-refractivity contribution in [1.29, 1.82) is 0 Å².